The summed E-state index contributed by atoms with van der Waals surface area (Å²) in [6.45, 7) is 2.99. The number of para-hydroxylation sites is 1. The highest BCUT2D eigenvalue weighted by atomic mass is 16.2. The number of amides is 1. The molecule has 96 valence electrons. The standard InChI is InChI=1S/C15H20N2O/c1-10-4-2-6-12(10)15(18)17-9-8-11-5-3-7-13(16)14(11)17/h3,5,7,10,12H,2,4,6,8-9,16H2,1H3. The van der Waals surface area contributed by atoms with Crippen molar-refractivity contribution in [2.45, 2.75) is 32.6 Å². The molecule has 0 saturated heterocycles. The summed E-state index contributed by atoms with van der Waals surface area (Å²) in [5.41, 5.74) is 8.97. The van der Waals surface area contributed by atoms with Gasteiger partial charge >= 0.3 is 0 Å². The Morgan fingerprint density at radius 2 is 2.22 bits per heavy atom. The second-order valence-electron chi connectivity index (χ2n) is 5.61. The van der Waals surface area contributed by atoms with Crippen molar-refractivity contribution in [1.82, 2.24) is 0 Å². The Morgan fingerprint density at radius 1 is 1.39 bits per heavy atom. The smallest absolute Gasteiger partial charge is 0.230 e. The van der Waals surface area contributed by atoms with Gasteiger partial charge in [0.05, 0.1) is 11.4 Å². The van der Waals surface area contributed by atoms with Gasteiger partial charge in [-0.2, -0.15) is 0 Å². The van der Waals surface area contributed by atoms with Gasteiger partial charge in [-0.15, -0.1) is 0 Å². The molecular weight excluding hydrogens is 224 g/mol. The van der Waals surface area contributed by atoms with Gasteiger partial charge in [0.1, 0.15) is 0 Å². The number of nitrogens with zero attached hydrogens (tertiary/aromatic N) is 1. The predicted molar refractivity (Wildman–Crippen MR) is 73.4 cm³/mol. The molecule has 1 aromatic carbocycles. The number of carbonyl (C=O) groups is 1. The first-order valence-electron chi connectivity index (χ1n) is 6.87. The first-order valence-corrected chi connectivity index (χ1v) is 6.87. The fraction of sp³-hybridized carbons (Fsp3) is 0.533. The van der Waals surface area contributed by atoms with E-state index >= 15 is 0 Å². The summed E-state index contributed by atoms with van der Waals surface area (Å²) in [5, 5.41) is 0. The molecule has 3 rings (SSSR count). The molecule has 3 nitrogen and oxygen atoms in total. The highest BCUT2D eigenvalue weighted by molar-refractivity contribution is 6.00. The fourth-order valence-corrected chi connectivity index (χ4v) is 3.42. The minimum Gasteiger partial charge on any atom is -0.397 e. The maximum Gasteiger partial charge on any atom is 0.230 e. The Balaban J connectivity index is 1.90. The third-order valence-electron chi connectivity index (χ3n) is 4.47. The lowest BCUT2D eigenvalue weighted by Crippen LogP contribution is -2.36. The topological polar surface area (TPSA) is 46.3 Å². The average Bonchev–Trinajstić information content (AvgIpc) is 2.95. The molecule has 0 spiro atoms. The van der Waals surface area contributed by atoms with Crippen LogP contribution in [-0.4, -0.2) is 12.5 Å². The van der Waals surface area contributed by atoms with Crippen LogP contribution >= 0.6 is 0 Å². The molecule has 3 heteroatoms. The lowest BCUT2D eigenvalue weighted by Gasteiger charge is -2.24. The summed E-state index contributed by atoms with van der Waals surface area (Å²) in [6, 6.07) is 5.94. The van der Waals surface area contributed by atoms with Crippen LogP contribution in [0.5, 0.6) is 0 Å². The van der Waals surface area contributed by atoms with Gasteiger partial charge in [-0.05, 0) is 36.8 Å². The maximum atomic E-state index is 12.6. The zero-order valence-electron chi connectivity index (χ0n) is 10.9. The Hall–Kier alpha value is -1.51. The van der Waals surface area contributed by atoms with E-state index < -0.39 is 0 Å². The minimum absolute atomic E-state index is 0.204. The van der Waals surface area contributed by atoms with Crippen molar-refractivity contribution in [1.29, 1.82) is 0 Å². The first-order chi connectivity index (χ1) is 8.68. The predicted octanol–water partition coefficient (Wildman–Crippen LogP) is 2.59. The number of rotatable bonds is 1. The van der Waals surface area contributed by atoms with Crippen LogP contribution in [0.4, 0.5) is 11.4 Å². The molecule has 1 amide bonds. The Labute approximate surface area is 108 Å². The minimum atomic E-state index is 0.204. The van der Waals surface area contributed by atoms with Crippen molar-refractivity contribution < 1.29 is 4.79 Å². The average molecular weight is 244 g/mol. The number of anilines is 2. The lowest BCUT2D eigenvalue weighted by molar-refractivity contribution is -0.123. The SMILES string of the molecule is CC1CCCC1C(=O)N1CCc2cccc(N)c21. The number of fused-ring (bicyclic) bond motifs is 1. The molecule has 0 bridgehead atoms. The van der Waals surface area contributed by atoms with Crippen LogP contribution in [-0.2, 0) is 11.2 Å². The first kappa shape index (κ1) is 11.6. The third-order valence-corrected chi connectivity index (χ3v) is 4.47. The largest absolute Gasteiger partial charge is 0.397 e. The van der Waals surface area contributed by atoms with Crippen LogP contribution in [0.2, 0.25) is 0 Å². The van der Waals surface area contributed by atoms with Crippen molar-refractivity contribution in [2.24, 2.45) is 11.8 Å². The van der Waals surface area contributed by atoms with Crippen molar-refractivity contribution in [3.05, 3.63) is 23.8 Å². The summed E-state index contributed by atoms with van der Waals surface area (Å²) in [4.78, 5) is 14.6. The number of hydrogen-bond acceptors (Lipinski definition) is 2. The van der Waals surface area contributed by atoms with Crippen molar-refractivity contribution in [2.75, 3.05) is 17.2 Å². The summed E-state index contributed by atoms with van der Waals surface area (Å²) >= 11 is 0. The van der Waals surface area contributed by atoms with E-state index in [1.54, 1.807) is 0 Å². The van der Waals surface area contributed by atoms with Crippen molar-refractivity contribution in [3.63, 3.8) is 0 Å². The molecule has 0 aromatic heterocycles. The van der Waals surface area contributed by atoms with E-state index in [9.17, 15) is 4.79 Å². The van der Waals surface area contributed by atoms with Crippen LogP contribution in [0.1, 0.15) is 31.7 Å². The second-order valence-corrected chi connectivity index (χ2v) is 5.61. The van der Waals surface area contributed by atoms with E-state index in [1.807, 2.05) is 17.0 Å². The molecule has 0 radical (unpaired) electrons. The maximum absolute atomic E-state index is 12.6. The summed E-state index contributed by atoms with van der Waals surface area (Å²) < 4.78 is 0. The molecule has 18 heavy (non-hydrogen) atoms. The van der Waals surface area contributed by atoms with Gasteiger partial charge < -0.3 is 10.6 Å². The van der Waals surface area contributed by atoms with Crippen molar-refractivity contribution in [3.8, 4) is 0 Å². The zero-order chi connectivity index (χ0) is 12.7. The van der Waals surface area contributed by atoms with Crippen molar-refractivity contribution >= 4 is 17.3 Å². The van der Waals surface area contributed by atoms with E-state index in [2.05, 4.69) is 13.0 Å². The van der Waals surface area contributed by atoms with Crippen LogP contribution < -0.4 is 10.6 Å². The van der Waals surface area contributed by atoms with E-state index in [1.165, 1.54) is 18.4 Å². The molecule has 1 aliphatic carbocycles. The van der Waals surface area contributed by atoms with E-state index in [4.69, 9.17) is 5.73 Å². The second kappa shape index (κ2) is 4.30. The zero-order valence-corrected chi connectivity index (χ0v) is 10.9. The summed E-state index contributed by atoms with van der Waals surface area (Å²) in [5.74, 6) is 1.01. The van der Waals surface area contributed by atoms with Crippen LogP contribution in [0.25, 0.3) is 0 Å². The van der Waals surface area contributed by atoms with Gasteiger partial charge in [0.2, 0.25) is 5.91 Å². The Bertz CT molecular complexity index is 483. The molecule has 1 saturated carbocycles. The van der Waals surface area contributed by atoms with E-state index in [0.717, 1.165) is 30.8 Å². The van der Waals surface area contributed by atoms with Gasteiger partial charge in [0.15, 0.2) is 0 Å². The molecule has 1 fully saturated rings. The highest BCUT2D eigenvalue weighted by Gasteiger charge is 2.36. The molecule has 2 unspecified atom stereocenters. The highest BCUT2D eigenvalue weighted by Crippen LogP contribution is 2.38. The molecule has 1 aromatic rings. The number of benzene rings is 1. The van der Waals surface area contributed by atoms with Gasteiger partial charge in [-0.25, -0.2) is 0 Å². The van der Waals surface area contributed by atoms with Crippen LogP contribution in [0.15, 0.2) is 18.2 Å². The van der Waals surface area contributed by atoms with Gasteiger partial charge in [-0.3, -0.25) is 4.79 Å². The molecule has 2 atom stereocenters. The van der Waals surface area contributed by atoms with Gasteiger partial charge in [-0.1, -0.05) is 25.5 Å². The number of nitrogen functional groups attached to an aromatic ring is 1. The van der Waals surface area contributed by atoms with Gasteiger partial charge in [0.25, 0.3) is 0 Å². The third kappa shape index (κ3) is 1.69. The molecule has 1 heterocycles. The number of hydrogen-bond donors (Lipinski definition) is 1. The molecule has 2 N–H and O–H groups in total. The monoisotopic (exact) mass is 244 g/mol. The summed E-state index contributed by atoms with van der Waals surface area (Å²) in [7, 11) is 0. The van der Waals surface area contributed by atoms with Crippen LogP contribution in [0, 0.1) is 11.8 Å². The summed E-state index contributed by atoms with van der Waals surface area (Å²) in [6.07, 6.45) is 4.34. The van der Waals surface area contributed by atoms with E-state index in [0.29, 0.717) is 5.92 Å². The lowest BCUT2D eigenvalue weighted by atomic mass is 9.96. The van der Waals surface area contributed by atoms with E-state index in [-0.39, 0.29) is 11.8 Å². The quantitative estimate of drug-likeness (QED) is 0.772. The molecule has 1 aliphatic heterocycles. The number of nitrogens with two attached hydrogens (primary N) is 1. The molecular formula is C15H20N2O. The normalized spacial score (nSPS) is 26.4. The van der Waals surface area contributed by atoms with Gasteiger partial charge in [0, 0.05) is 12.5 Å². The number of carbonyl (C=O) groups excluding carboxylic acids is 1. The molecule has 2 aliphatic rings. The fourth-order valence-electron chi connectivity index (χ4n) is 3.42. The Kier molecular flexibility index (Phi) is 2.77. The van der Waals surface area contributed by atoms with Crippen LogP contribution in [0.3, 0.4) is 0 Å². The Morgan fingerprint density at radius 3 is 2.94 bits per heavy atom.